The zero-order valence-corrected chi connectivity index (χ0v) is 14.4. The van der Waals surface area contributed by atoms with Crippen LogP contribution in [0.1, 0.15) is 44.5 Å². The topological polar surface area (TPSA) is 80.8 Å². The Balaban J connectivity index is 2.10. The molecule has 0 saturated heterocycles. The van der Waals surface area contributed by atoms with Crippen LogP contribution in [0, 0.1) is 0 Å². The van der Waals surface area contributed by atoms with Crippen LogP contribution in [0.15, 0.2) is 28.7 Å². The van der Waals surface area contributed by atoms with Gasteiger partial charge in [-0.2, -0.15) is 5.21 Å². The quantitative estimate of drug-likeness (QED) is 0.822. The SMILES string of the molecule is CC(C)(C)OC(=O)C[C@H](Cc1ccc(Br)cc1)c1nn[nH]n1. The average molecular weight is 367 g/mol. The monoisotopic (exact) mass is 366 g/mol. The maximum Gasteiger partial charge on any atom is 0.307 e. The zero-order chi connectivity index (χ0) is 16.2. The molecule has 0 saturated carbocycles. The number of tetrazole rings is 1. The Hall–Kier alpha value is -1.76. The van der Waals surface area contributed by atoms with Crippen molar-refractivity contribution in [2.24, 2.45) is 0 Å². The number of ether oxygens (including phenoxy) is 1. The number of esters is 1. The van der Waals surface area contributed by atoms with Gasteiger partial charge < -0.3 is 4.74 Å². The zero-order valence-electron chi connectivity index (χ0n) is 12.8. The molecule has 1 heterocycles. The summed E-state index contributed by atoms with van der Waals surface area (Å²) in [4.78, 5) is 12.1. The Morgan fingerprint density at radius 2 is 2.00 bits per heavy atom. The second kappa shape index (κ2) is 7.00. The summed E-state index contributed by atoms with van der Waals surface area (Å²) in [5.74, 6) is 0.0861. The van der Waals surface area contributed by atoms with Gasteiger partial charge in [-0.1, -0.05) is 33.3 Å². The van der Waals surface area contributed by atoms with Crippen molar-refractivity contribution in [2.75, 3.05) is 0 Å². The Kier molecular flexibility index (Phi) is 5.28. The highest BCUT2D eigenvalue weighted by molar-refractivity contribution is 9.10. The van der Waals surface area contributed by atoms with Gasteiger partial charge in [-0.3, -0.25) is 4.79 Å². The minimum absolute atomic E-state index is 0.172. The number of halogens is 1. The third-order valence-electron chi connectivity index (χ3n) is 2.96. The van der Waals surface area contributed by atoms with Crippen LogP contribution in [0.2, 0.25) is 0 Å². The van der Waals surface area contributed by atoms with Crippen molar-refractivity contribution in [2.45, 2.75) is 45.1 Å². The fourth-order valence-electron chi connectivity index (χ4n) is 2.09. The summed E-state index contributed by atoms with van der Waals surface area (Å²) < 4.78 is 6.40. The highest BCUT2D eigenvalue weighted by atomic mass is 79.9. The number of aromatic amines is 1. The largest absolute Gasteiger partial charge is 0.460 e. The number of aromatic nitrogens is 4. The standard InChI is InChI=1S/C15H19BrN4O2/c1-15(2,3)22-13(21)9-11(14-17-19-20-18-14)8-10-4-6-12(16)7-5-10/h4-7,11H,8-9H2,1-3H3,(H,17,18,19,20)/t11-/m0/s1. The number of hydrogen-bond acceptors (Lipinski definition) is 5. The molecule has 0 aliphatic carbocycles. The van der Waals surface area contributed by atoms with Crippen LogP contribution in [0.25, 0.3) is 0 Å². The van der Waals surface area contributed by atoms with E-state index < -0.39 is 5.60 Å². The molecule has 0 aliphatic heterocycles. The molecule has 22 heavy (non-hydrogen) atoms. The molecule has 0 bridgehead atoms. The molecule has 1 aromatic heterocycles. The van der Waals surface area contributed by atoms with Crippen molar-refractivity contribution in [3.63, 3.8) is 0 Å². The van der Waals surface area contributed by atoms with Crippen LogP contribution in [-0.4, -0.2) is 32.2 Å². The summed E-state index contributed by atoms with van der Waals surface area (Å²) in [5.41, 5.74) is 0.595. The number of carbonyl (C=O) groups is 1. The second-order valence-electron chi connectivity index (χ2n) is 6.09. The molecule has 118 valence electrons. The molecule has 0 aliphatic rings. The number of hydrogen-bond donors (Lipinski definition) is 1. The minimum atomic E-state index is -0.503. The summed E-state index contributed by atoms with van der Waals surface area (Å²) in [6.07, 6.45) is 0.860. The molecule has 0 amide bonds. The highest BCUT2D eigenvalue weighted by Crippen LogP contribution is 2.23. The molecule has 0 radical (unpaired) electrons. The Morgan fingerprint density at radius 3 is 2.55 bits per heavy atom. The lowest BCUT2D eigenvalue weighted by atomic mass is 9.95. The third-order valence-corrected chi connectivity index (χ3v) is 3.48. The second-order valence-corrected chi connectivity index (χ2v) is 7.00. The first-order valence-electron chi connectivity index (χ1n) is 7.03. The smallest absolute Gasteiger partial charge is 0.307 e. The molecular formula is C15H19BrN4O2. The van der Waals surface area contributed by atoms with Gasteiger partial charge in [0, 0.05) is 10.4 Å². The molecule has 7 heteroatoms. The van der Waals surface area contributed by atoms with Gasteiger partial charge >= 0.3 is 5.97 Å². The predicted octanol–water partition coefficient (Wildman–Crippen LogP) is 3.02. The molecule has 2 aromatic rings. The lowest BCUT2D eigenvalue weighted by Crippen LogP contribution is -2.25. The first kappa shape index (κ1) is 16.6. The van der Waals surface area contributed by atoms with E-state index in [4.69, 9.17) is 4.74 Å². The van der Waals surface area contributed by atoms with Crippen molar-refractivity contribution in [1.82, 2.24) is 20.6 Å². The first-order chi connectivity index (χ1) is 10.3. The van der Waals surface area contributed by atoms with Gasteiger partial charge in [0.1, 0.15) is 5.60 Å². The number of rotatable bonds is 5. The van der Waals surface area contributed by atoms with Crippen LogP contribution in [0.5, 0.6) is 0 Å². The molecule has 0 spiro atoms. The summed E-state index contributed by atoms with van der Waals surface area (Å²) >= 11 is 3.41. The van der Waals surface area contributed by atoms with E-state index in [9.17, 15) is 4.79 Å². The fourth-order valence-corrected chi connectivity index (χ4v) is 2.35. The maximum absolute atomic E-state index is 12.1. The fraction of sp³-hybridized carbons (Fsp3) is 0.467. The van der Waals surface area contributed by atoms with Gasteiger partial charge in [-0.15, -0.1) is 10.2 Å². The van der Waals surface area contributed by atoms with Crippen molar-refractivity contribution in [1.29, 1.82) is 0 Å². The normalized spacial score (nSPS) is 12.9. The van der Waals surface area contributed by atoms with Crippen molar-refractivity contribution < 1.29 is 9.53 Å². The van der Waals surface area contributed by atoms with E-state index >= 15 is 0 Å². The minimum Gasteiger partial charge on any atom is -0.460 e. The lowest BCUT2D eigenvalue weighted by Gasteiger charge is -2.21. The molecule has 1 aromatic carbocycles. The van der Waals surface area contributed by atoms with E-state index in [2.05, 4.69) is 36.6 Å². The Morgan fingerprint density at radius 1 is 1.32 bits per heavy atom. The molecule has 0 unspecified atom stereocenters. The van der Waals surface area contributed by atoms with Crippen LogP contribution in [-0.2, 0) is 16.0 Å². The van der Waals surface area contributed by atoms with E-state index in [0.29, 0.717) is 12.2 Å². The summed E-state index contributed by atoms with van der Waals surface area (Å²) in [6, 6.07) is 7.95. The number of carbonyl (C=O) groups excluding carboxylic acids is 1. The Bertz CT molecular complexity index is 605. The molecule has 2 rings (SSSR count). The van der Waals surface area contributed by atoms with Gasteiger partial charge in [0.15, 0.2) is 5.82 Å². The van der Waals surface area contributed by atoms with E-state index in [1.807, 2.05) is 45.0 Å². The van der Waals surface area contributed by atoms with Crippen LogP contribution >= 0.6 is 15.9 Å². The summed E-state index contributed by atoms with van der Waals surface area (Å²) in [7, 11) is 0. The molecular weight excluding hydrogens is 348 g/mol. The van der Waals surface area contributed by atoms with Crippen LogP contribution in [0.4, 0.5) is 0 Å². The van der Waals surface area contributed by atoms with Crippen LogP contribution in [0.3, 0.4) is 0 Å². The number of H-pyrrole nitrogens is 1. The number of nitrogens with zero attached hydrogens (tertiary/aromatic N) is 3. The van der Waals surface area contributed by atoms with E-state index in [1.54, 1.807) is 0 Å². The Labute approximate surface area is 137 Å². The summed E-state index contributed by atoms with van der Waals surface area (Å²) in [6.45, 7) is 5.55. The molecule has 1 atom stereocenters. The van der Waals surface area contributed by atoms with Crippen molar-refractivity contribution in [3.05, 3.63) is 40.1 Å². The van der Waals surface area contributed by atoms with Crippen LogP contribution < -0.4 is 0 Å². The van der Waals surface area contributed by atoms with Gasteiger partial charge in [0.2, 0.25) is 0 Å². The van der Waals surface area contributed by atoms with Gasteiger partial charge in [-0.25, -0.2) is 0 Å². The molecule has 1 N–H and O–H groups in total. The highest BCUT2D eigenvalue weighted by Gasteiger charge is 2.24. The van der Waals surface area contributed by atoms with Gasteiger partial charge in [-0.05, 0) is 44.9 Å². The van der Waals surface area contributed by atoms with E-state index in [0.717, 1.165) is 10.0 Å². The molecule has 0 fully saturated rings. The summed E-state index contributed by atoms with van der Waals surface area (Å²) in [5, 5.41) is 14.1. The number of benzene rings is 1. The predicted molar refractivity (Wildman–Crippen MR) is 85.2 cm³/mol. The number of nitrogens with one attached hydrogen (secondary N) is 1. The molecule has 6 nitrogen and oxygen atoms in total. The van der Waals surface area contributed by atoms with Gasteiger partial charge in [0.05, 0.1) is 6.42 Å². The van der Waals surface area contributed by atoms with E-state index in [1.165, 1.54) is 0 Å². The van der Waals surface area contributed by atoms with Crippen molar-refractivity contribution >= 4 is 21.9 Å². The first-order valence-corrected chi connectivity index (χ1v) is 7.82. The van der Waals surface area contributed by atoms with E-state index in [-0.39, 0.29) is 18.3 Å². The van der Waals surface area contributed by atoms with Crippen molar-refractivity contribution in [3.8, 4) is 0 Å². The lowest BCUT2D eigenvalue weighted by molar-refractivity contribution is -0.155. The van der Waals surface area contributed by atoms with Gasteiger partial charge in [0.25, 0.3) is 0 Å². The average Bonchev–Trinajstić information content (AvgIpc) is 2.92. The third kappa shape index (κ3) is 5.22. The maximum atomic E-state index is 12.1.